The normalized spacial score (nSPS) is 32.2. The van der Waals surface area contributed by atoms with Gasteiger partial charge in [0.15, 0.2) is 0 Å². The lowest BCUT2D eigenvalue weighted by Crippen LogP contribution is -2.70. The Kier molecular flexibility index (Phi) is 3.16. The molecule has 1 aromatic heterocycles. The molecule has 5 rings (SSSR count). The lowest BCUT2D eigenvalue weighted by molar-refractivity contribution is -0.213. The quantitative estimate of drug-likeness (QED) is 0.778. The summed E-state index contributed by atoms with van der Waals surface area (Å²) in [6, 6.07) is 5.45. The number of hydroxylamine groups is 2. The average Bonchev–Trinajstić information content (AvgIpc) is 2.79. The van der Waals surface area contributed by atoms with Crippen LogP contribution in [0.4, 0.5) is 8.78 Å². The van der Waals surface area contributed by atoms with Gasteiger partial charge < -0.3 is 0 Å². The zero-order chi connectivity index (χ0) is 19.1. The van der Waals surface area contributed by atoms with E-state index in [4.69, 9.17) is 4.84 Å². The topological polar surface area (TPSA) is 55.3 Å². The molecule has 1 amide bonds. The van der Waals surface area contributed by atoms with E-state index in [1.807, 2.05) is 0 Å². The summed E-state index contributed by atoms with van der Waals surface area (Å²) in [6.07, 6.45) is 1.67. The monoisotopic (exact) mass is 371 g/mol. The third-order valence-corrected chi connectivity index (χ3v) is 7.31. The van der Waals surface area contributed by atoms with Gasteiger partial charge in [-0.15, -0.1) is 5.10 Å². The molecule has 0 bridgehead atoms. The maximum Gasteiger partial charge on any atom is 0.258 e. The number of aromatic nitrogens is 2. The Morgan fingerprint density at radius 3 is 2.63 bits per heavy atom. The fourth-order valence-corrected chi connectivity index (χ4v) is 5.74. The van der Waals surface area contributed by atoms with E-state index in [1.165, 1.54) is 30.4 Å². The molecule has 4 unspecified atom stereocenters. The summed E-state index contributed by atoms with van der Waals surface area (Å²) in [5.74, 6) is -0.893. The van der Waals surface area contributed by atoms with Gasteiger partial charge in [-0.3, -0.25) is 9.63 Å². The van der Waals surface area contributed by atoms with Gasteiger partial charge in [0.1, 0.15) is 17.0 Å². The van der Waals surface area contributed by atoms with Crippen molar-refractivity contribution >= 4 is 5.91 Å². The van der Waals surface area contributed by atoms with Gasteiger partial charge in [0.25, 0.3) is 5.91 Å². The lowest BCUT2D eigenvalue weighted by atomic mass is 9.34. The SMILES string of the molecule is CON(C)C(=O)C12CC3CC(c4cc(-c5c(F)cccc5F)nnc41)C32C. The number of fused-ring (bicyclic) bond motifs is 3. The van der Waals surface area contributed by atoms with Crippen LogP contribution in [0.25, 0.3) is 11.3 Å². The van der Waals surface area contributed by atoms with Crippen molar-refractivity contribution in [2.45, 2.75) is 31.1 Å². The number of hydrogen-bond donors (Lipinski definition) is 0. The molecule has 2 aromatic rings. The van der Waals surface area contributed by atoms with Crippen LogP contribution in [0.3, 0.4) is 0 Å². The van der Waals surface area contributed by atoms with Gasteiger partial charge in [-0.2, -0.15) is 5.10 Å². The summed E-state index contributed by atoms with van der Waals surface area (Å²) in [7, 11) is 3.05. The maximum atomic E-state index is 14.2. The highest BCUT2D eigenvalue weighted by molar-refractivity contribution is 5.92. The second-order valence-corrected chi connectivity index (χ2v) is 7.99. The van der Waals surface area contributed by atoms with Gasteiger partial charge in [-0.1, -0.05) is 13.0 Å². The smallest absolute Gasteiger partial charge is 0.258 e. The van der Waals surface area contributed by atoms with Crippen molar-refractivity contribution in [3.63, 3.8) is 0 Å². The molecular formula is C20H19F2N3O2. The highest BCUT2D eigenvalue weighted by atomic mass is 19.1. The Morgan fingerprint density at radius 2 is 2.00 bits per heavy atom. The third kappa shape index (κ3) is 1.69. The molecule has 0 saturated heterocycles. The Morgan fingerprint density at radius 1 is 1.30 bits per heavy atom. The van der Waals surface area contributed by atoms with Crippen LogP contribution in [-0.4, -0.2) is 35.3 Å². The largest absolute Gasteiger partial charge is 0.275 e. The highest BCUT2D eigenvalue weighted by Crippen LogP contribution is 2.81. The predicted molar refractivity (Wildman–Crippen MR) is 92.4 cm³/mol. The molecule has 27 heavy (non-hydrogen) atoms. The third-order valence-electron chi connectivity index (χ3n) is 7.31. The van der Waals surface area contributed by atoms with Crippen LogP contribution in [0.5, 0.6) is 0 Å². The molecular weight excluding hydrogens is 352 g/mol. The van der Waals surface area contributed by atoms with Crippen LogP contribution >= 0.6 is 0 Å². The van der Waals surface area contributed by atoms with E-state index in [1.54, 1.807) is 13.1 Å². The predicted octanol–water partition coefficient (Wildman–Crippen LogP) is 3.21. The van der Waals surface area contributed by atoms with Crippen molar-refractivity contribution in [2.75, 3.05) is 14.2 Å². The molecule has 2 fully saturated rings. The molecule has 1 aromatic carbocycles. The Hall–Kier alpha value is -2.41. The fourth-order valence-electron chi connectivity index (χ4n) is 5.74. The summed E-state index contributed by atoms with van der Waals surface area (Å²) in [4.78, 5) is 18.3. The summed E-state index contributed by atoms with van der Waals surface area (Å²) in [6.45, 7) is 2.11. The number of likely N-dealkylation sites (N-methyl/N-ethyl adjacent to an activating group) is 1. The number of carbonyl (C=O) groups is 1. The summed E-state index contributed by atoms with van der Waals surface area (Å²) < 4.78 is 28.4. The second-order valence-electron chi connectivity index (χ2n) is 7.99. The average molecular weight is 371 g/mol. The van der Waals surface area contributed by atoms with E-state index in [9.17, 15) is 13.6 Å². The van der Waals surface area contributed by atoms with Crippen LogP contribution in [0.1, 0.15) is 36.9 Å². The van der Waals surface area contributed by atoms with Crippen LogP contribution < -0.4 is 0 Å². The first-order valence-electron chi connectivity index (χ1n) is 9.01. The Balaban J connectivity index is 1.68. The van der Waals surface area contributed by atoms with Crippen molar-refractivity contribution in [3.8, 4) is 11.3 Å². The van der Waals surface area contributed by atoms with Crippen molar-refractivity contribution in [2.24, 2.45) is 11.3 Å². The molecule has 1 heterocycles. The first-order valence-corrected chi connectivity index (χ1v) is 9.01. The van der Waals surface area contributed by atoms with Gasteiger partial charge in [0.2, 0.25) is 0 Å². The van der Waals surface area contributed by atoms with E-state index < -0.39 is 17.0 Å². The molecule has 3 aliphatic carbocycles. The molecule has 5 nitrogen and oxygen atoms in total. The van der Waals surface area contributed by atoms with E-state index >= 15 is 0 Å². The summed E-state index contributed by atoms with van der Waals surface area (Å²) in [5.41, 5.74) is 0.512. The first kappa shape index (κ1) is 16.7. The summed E-state index contributed by atoms with van der Waals surface area (Å²) >= 11 is 0. The molecule has 0 N–H and O–H groups in total. The number of rotatable bonds is 3. The van der Waals surface area contributed by atoms with E-state index in [0.717, 1.165) is 12.0 Å². The van der Waals surface area contributed by atoms with E-state index in [-0.39, 0.29) is 28.5 Å². The van der Waals surface area contributed by atoms with Crippen LogP contribution in [0.2, 0.25) is 0 Å². The van der Waals surface area contributed by atoms with E-state index in [0.29, 0.717) is 18.0 Å². The molecule has 0 aliphatic heterocycles. The van der Waals surface area contributed by atoms with Crippen LogP contribution in [0, 0.1) is 23.0 Å². The maximum absolute atomic E-state index is 14.2. The summed E-state index contributed by atoms with van der Waals surface area (Å²) in [5, 5.41) is 9.71. The fraction of sp³-hybridized carbons (Fsp3) is 0.450. The van der Waals surface area contributed by atoms with Gasteiger partial charge in [-0.25, -0.2) is 13.8 Å². The zero-order valence-corrected chi connectivity index (χ0v) is 15.3. The van der Waals surface area contributed by atoms with Crippen molar-refractivity contribution < 1.29 is 18.4 Å². The number of carbonyl (C=O) groups excluding carboxylic acids is 1. The Bertz CT molecular complexity index is 977. The lowest BCUT2D eigenvalue weighted by Gasteiger charge is -2.68. The van der Waals surface area contributed by atoms with Crippen molar-refractivity contribution in [1.29, 1.82) is 0 Å². The molecule has 4 atom stereocenters. The van der Waals surface area contributed by atoms with Gasteiger partial charge in [0.05, 0.1) is 24.1 Å². The molecule has 0 spiro atoms. The molecule has 3 aliphatic rings. The number of amides is 1. The van der Waals surface area contributed by atoms with Gasteiger partial charge in [-0.05, 0) is 53.9 Å². The standard InChI is InChI=1S/C20H19F2N3O2/c1-19-10-7-12(19)11-8-15(16-13(21)5-4-6-14(16)22)23-24-17(11)20(19,9-10)18(26)25(2)27-3/h4-6,8,10,12H,7,9H2,1-3H3. The number of hydrogen-bond acceptors (Lipinski definition) is 4. The highest BCUT2D eigenvalue weighted by Gasteiger charge is 2.81. The minimum atomic E-state index is -0.764. The Labute approximate surface area is 155 Å². The van der Waals surface area contributed by atoms with Crippen molar-refractivity contribution in [3.05, 3.63) is 47.2 Å². The first-order chi connectivity index (χ1) is 12.9. The van der Waals surface area contributed by atoms with Gasteiger partial charge >= 0.3 is 0 Å². The van der Waals surface area contributed by atoms with E-state index in [2.05, 4.69) is 17.1 Å². The number of benzene rings is 1. The minimum Gasteiger partial charge on any atom is -0.275 e. The molecule has 7 heteroatoms. The molecule has 0 radical (unpaired) electrons. The molecule has 140 valence electrons. The number of halogens is 2. The second kappa shape index (κ2) is 5.10. The zero-order valence-electron chi connectivity index (χ0n) is 15.3. The minimum absolute atomic E-state index is 0.133. The number of nitrogens with zero attached hydrogens (tertiary/aromatic N) is 3. The van der Waals surface area contributed by atoms with Gasteiger partial charge in [0, 0.05) is 7.05 Å². The molecule has 2 saturated carbocycles. The van der Waals surface area contributed by atoms with Crippen LogP contribution in [0.15, 0.2) is 24.3 Å². The van der Waals surface area contributed by atoms with Crippen molar-refractivity contribution in [1.82, 2.24) is 15.3 Å². The van der Waals surface area contributed by atoms with Crippen LogP contribution in [-0.2, 0) is 15.0 Å².